The number of likely N-dealkylation sites (tertiary alicyclic amines) is 1. The van der Waals surface area contributed by atoms with Crippen LogP contribution in [0.1, 0.15) is 63.9 Å². The van der Waals surface area contributed by atoms with Crippen LogP contribution in [0.5, 0.6) is 0 Å². The van der Waals surface area contributed by atoms with Crippen LogP contribution in [0.15, 0.2) is 21.8 Å². The van der Waals surface area contributed by atoms with E-state index in [1.165, 1.54) is 24.8 Å². The fraction of sp³-hybridized carbons (Fsp3) is 0.714. The Balaban J connectivity index is 1.50. The topological polar surface area (TPSA) is 56.7 Å². The SMILES string of the molecule is CCNC(=NCC(C)c1ccsc1)NC1CCN(C(=O)C2CCCCC2)C1. The highest BCUT2D eigenvalue weighted by atomic mass is 32.1. The van der Waals surface area contributed by atoms with Crippen LogP contribution in [0.2, 0.25) is 0 Å². The molecule has 2 unspecified atom stereocenters. The molecule has 0 aromatic carbocycles. The Bertz CT molecular complexity index is 610. The van der Waals surface area contributed by atoms with Crippen molar-refractivity contribution in [1.29, 1.82) is 0 Å². The van der Waals surface area contributed by atoms with Gasteiger partial charge in [-0.25, -0.2) is 0 Å². The summed E-state index contributed by atoms with van der Waals surface area (Å²) in [7, 11) is 0. The summed E-state index contributed by atoms with van der Waals surface area (Å²) in [6.07, 6.45) is 6.89. The summed E-state index contributed by atoms with van der Waals surface area (Å²) in [4.78, 5) is 19.6. The third-order valence-electron chi connectivity index (χ3n) is 5.77. The van der Waals surface area contributed by atoms with E-state index in [-0.39, 0.29) is 5.92 Å². The number of amides is 1. The van der Waals surface area contributed by atoms with Gasteiger partial charge in [0.1, 0.15) is 0 Å². The van der Waals surface area contributed by atoms with Crippen LogP contribution in [0.25, 0.3) is 0 Å². The fourth-order valence-electron chi connectivity index (χ4n) is 4.09. The van der Waals surface area contributed by atoms with Gasteiger partial charge in [0.25, 0.3) is 0 Å². The molecule has 2 aliphatic rings. The number of guanidine groups is 1. The predicted octanol–water partition coefficient (Wildman–Crippen LogP) is 3.59. The second-order valence-electron chi connectivity index (χ2n) is 7.93. The molecule has 0 spiro atoms. The van der Waals surface area contributed by atoms with Gasteiger partial charge in [-0.2, -0.15) is 11.3 Å². The predicted molar refractivity (Wildman–Crippen MR) is 113 cm³/mol. The van der Waals surface area contributed by atoms with Gasteiger partial charge in [-0.05, 0) is 48.6 Å². The molecule has 1 aliphatic carbocycles. The molecule has 1 amide bonds. The molecule has 150 valence electrons. The fourth-order valence-corrected chi connectivity index (χ4v) is 4.87. The van der Waals surface area contributed by atoms with E-state index < -0.39 is 0 Å². The molecule has 6 heteroatoms. The Morgan fingerprint density at radius 1 is 1.33 bits per heavy atom. The van der Waals surface area contributed by atoms with Crippen LogP contribution in [0.4, 0.5) is 0 Å². The molecule has 2 heterocycles. The maximum Gasteiger partial charge on any atom is 0.225 e. The number of rotatable bonds is 6. The second kappa shape index (κ2) is 10.1. The number of thiophene rings is 1. The van der Waals surface area contributed by atoms with Gasteiger partial charge < -0.3 is 15.5 Å². The minimum Gasteiger partial charge on any atom is -0.357 e. The van der Waals surface area contributed by atoms with E-state index in [2.05, 4.69) is 46.2 Å². The van der Waals surface area contributed by atoms with Crippen molar-refractivity contribution in [3.05, 3.63) is 22.4 Å². The van der Waals surface area contributed by atoms with Gasteiger partial charge in [0.05, 0.1) is 0 Å². The summed E-state index contributed by atoms with van der Waals surface area (Å²) in [6, 6.07) is 2.48. The van der Waals surface area contributed by atoms with Crippen LogP contribution >= 0.6 is 11.3 Å². The van der Waals surface area contributed by atoms with Crippen LogP contribution in [-0.4, -0.2) is 49.0 Å². The van der Waals surface area contributed by atoms with Gasteiger partial charge in [-0.1, -0.05) is 26.2 Å². The zero-order chi connectivity index (χ0) is 19.1. The van der Waals surface area contributed by atoms with E-state index in [0.29, 0.717) is 17.9 Å². The second-order valence-corrected chi connectivity index (χ2v) is 8.71. The molecule has 1 saturated heterocycles. The monoisotopic (exact) mass is 390 g/mol. The molecular weight excluding hydrogens is 356 g/mol. The minimum atomic E-state index is 0.269. The number of carbonyl (C=O) groups excluding carboxylic acids is 1. The summed E-state index contributed by atoms with van der Waals surface area (Å²) in [5.74, 6) is 1.94. The molecule has 27 heavy (non-hydrogen) atoms. The van der Waals surface area contributed by atoms with Gasteiger partial charge in [-0.15, -0.1) is 0 Å². The van der Waals surface area contributed by atoms with Gasteiger partial charge in [0.15, 0.2) is 5.96 Å². The van der Waals surface area contributed by atoms with E-state index in [1.807, 2.05) is 0 Å². The highest BCUT2D eigenvalue weighted by molar-refractivity contribution is 7.07. The Hall–Kier alpha value is -1.56. The van der Waals surface area contributed by atoms with E-state index in [4.69, 9.17) is 4.99 Å². The Morgan fingerprint density at radius 2 is 2.15 bits per heavy atom. The zero-order valence-corrected chi connectivity index (χ0v) is 17.6. The number of nitrogens with zero attached hydrogens (tertiary/aromatic N) is 2. The lowest BCUT2D eigenvalue weighted by atomic mass is 9.88. The summed E-state index contributed by atoms with van der Waals surface area (Å²) in [6.45, 7) is 7.60. The highest BCUT2D eigenvalue weighted by Gasteiger charge is 2.31. The first kappa shape index (κ1) is 20.2. The molecule has 2 fully saturated rings. The molecule has 0 bridgehead atoms. The Kier molecular flexibility index (Phi) is 7.56. The average Bonchev–Trinajstić information content (AvgIpc) is 3.38. The van der Waals surface area contributed by atoms with Crippen LogP contribution < -0.4 is 10.6 Å². The summed E-state index contributed by atoms with van der Waals surface area (Å²) in [5, 5.41) is 11.2. The maximum atomic E-state index is 12.8. The molecule has 5 nitrogen and oxygen atoms in total. The van der Waals surface area contributed by atoms with E-state index in [1.54, 1.807) is 11.3 Å². The van der Waals surface area contributed by atoms with Crippen molar-refractivity contribution in [1.82, 2.24) is 15.5 Å². The summed E-state index contributed by atoms with van der Waals surface area (Å²) >= 11 is 1.74. The molecule has 2 N–H and O–H groups in total. The lowest BCUT2D eigenvalue weighted by Gasteiger charge is -2.26. The van der Waals surface area contributed by atoms with Gasteiger partial charge >= 0.3 is 0 Å². The van der Waals surface area contributed by atoms with Crippen molar-refractivity contribution in [3.63, 3.8) is 0 Å². The summed E-state index contributed by atoms with van der Waals surface area (Å²) < 4.78 is 0. The van der Waals surface area contributed by atoms with Crippen molar-refractivity contribution in [2.75, 3.05) is 26.2 Å². The van der Waals surface area contributed by atoms with E-state index >= 15 is 0 Å². The molecule has 0 radical (unpaired) electrons. The third kappa shape index (κ3) is 5.71. The first-order valence-corrected chi connectivity index (χ1v) is 11.5. The largest absolute Gasteiger partial charge is 0.357 e. The standard InChI is InChI=1S/C21H34N4OS/c1-3-22-21(23-13-16(2)18-10-12-27-15-18)24-19-9-11-25(14-19)20(26)17-7-5-4-6-8-17/h10,12,15-17,19H,3-9,11,13-14H2,1-2H3,(H2,22,23,24). The smallest absolute Gasteiger partial charge is 0.225 e. The number of nitrogens with one attached hydrogen (secondary N) is 2. The molecule has 1 saturated carbocycles. The number of aliphatic imine (C=N–C) groups is 1. The van der Waals surface area contributed by atoms with Crippen LogP contribution in [0, 0.1) is 5.92 Å². The number of hydrogen-bond acceptors (Lipinski definition) is 3. The van der Waals surface area contributed by atoms with Crippen LogP contribution in [0.3, 0.4) is 0 Å². The first-order valence-electron chi connectivity index (χ1n) is 10.5. The van der Waals surface area contributed by atoms with Gasteiger partial charge in [-0.3, -0.25) is 9.79 Å². The molecule has 3 rings (SSSR count). The van der Waals surface area contributed by atoms with Gasteiger partial charge in [0.2, 0.25) is 5.91 Å². The number of hydrogen-bond donors (Lipinski definition) is 2. The quantitative estimate of drug-likeness (QED) is 0.576. The molecule has 1 aromatic heterocycles. The first-order chi connectivity index (χ1) is 13.2. The Morgan fingerprint density at radius 3 is 2.85 bits per heavy atom. The normalized spacial score (nSPS) is 22.7. The van der Waals surface area contributed by atoms with Crippen molar-refractivity contribution >= 4 is 23.2 Å². The van der Waals surface area contributed by atoms with Crippen LogP contribution in [-0.2, 0) is 4.79 Å². The molecular formula is C21H34N4OS. The maximum absolute atomic E-state index is 12.8. The van der Waals surface area contributed by atoms with Gasteiger partial charge in [0, 0.05) is 44.1 Å². The zero-order valence-electron chi connectivity index (χ0n) is 16.7. The Labute approximate surface area is 167 Å². The highest BCUT2D eigenvalue weighted by Crippen LogP contribution is 2.26. The molecule has 1 aromatic rings. The average molecular weight is 391 g/mol. The summed E-state index contributed by atoms with van der Waals surface area (Å²) in [5.41, 5.74) is 1.35. The minimum absolute atomic E-state index is 0.269. The third-order valence-corrected chi connectivity index (χ3v) is 6.48. The van der Waals surface area contributed by atoms with Crippen molar-refractivity contribution in [2.24, 2.45) is 10.9 Å². The molecule has 2 atom stereocenters. The molecule has 1 aliphatic heterocycles. The van der Waals surface area contributed by atoms with Crippen molar-refractivity contribution in [3.8, 4) is 0 Å². The lowest BCUT2D eigenvalue weighted by molar-refractivity contribution is -0.135. The van der Waals surface area contributed by atoms with E-state index in [9.17, 15) is 4.79 Å². The van der Waals surface area contributed by atoms with Crippen molar-refractivity contribution < 1.29 is 4.79 Å². The van der Waals surface area contributed by atoms with E-state index in [0.717, 1.165) is 51.4 Å². The lowest BCUT2D eigenvalue weighted by Crippen LogP contribution is -2.45. The number of carbonyl (C=O) groups is 1. The van der Waals surface area contributed by atoms with Crippen molar-refractivity contribution in [2.45, 2.75) is 64.3 Å².